The second kappa shape index (κ2) is 6.73. The molecule has 2 N–H and O–H groups in total. The Morgan fingerprint density at radius 3 is 2.22 bits per heavy atom. The van der Waals surface area contributed by atoms with Crippen molar-refractivity contribution in [3.05, 3.63) is 0 Å². The first-order valence-corrected chi connectivity index (χ1v) is 7.31. The van der Waals surface area contributed by atoms with Crippen molar-refractivity contribution in [2.45, 2.75) is 55.8 Å². The van der Waals surface area contributed by atoms with E-state index in [0.717, 1.165) is 13.8 Å². The molecule has 7 nitrogen and oxygen atoms in total. The first kappa shape index (κ1) is 19.8. The number of amides is 1. The predicted molar refractivity (Wildman–Crippen MR) is 72.4 cm³/mol. The fourth-order valence-electron chi connectivity index (χ4n) is 2.41. The van der Waals surface area contributed by atoms with Crippen LogP contribution in [-0.4, -0.2) is 57.8 Å². The van der Waals surface area contributed by atoms with E-state index in [9.17, 15) is 32.7 Å². The minimum Gasteiger partial charge on any atom is -0.446 e. The van der Waals surface area contributed by atoms with Crippen LogP contribution in [-0.2, 0) is 23.9 Å². The van der Waals surface area contributed by atoms with Crippen LogP contribution in [0.5, 0.6) is 0 Å². The van der Waals surface area contributed by atoms with Gasteiger partial charge in [0.1, 0.15) is 23.3 Å². The van der Waals surface area contributed by atoms with Gasteiger partial charge in [-0.1, -0.05) is 15.9 Å². The second-order valence-electron chi connectivity index (χ2n) is 5.01. The maximum absolute atomic E-state index is 12.5. The molecule has 1 heterocycles. The van der Waals surface area contributed by atoms with Crippen LogP contribution in [0.3, 0.4) is 0 Å². The fraction of sp³-hybridized carbons (Fsp3) is 0.750. The molecule has 5 atom stereocenters. The zero-order valence-corrected chi connectivity index (χ0v) is 13.9. The van der Waals surface area contributed by atoms with Gasteiger partial charge in [-0.25, -0.2) is 0 Å². The molecule has 0 aromatic rings. The second-order valence-corrected chi connectivity index (χ2v) is 5.91. The maximum atomic E-state index is 12.5. The molecule has 132 valence electrons. The highest BCUT2D eigenvalue weighted by Crippen LogP contribution is 2.36. The van der Waals surface area contributed by atoms with Gasteiger partial charge in [0.25, 0.3) is 0 Å². The normalized spacial score (nSPS) is 34.6. The average molecular weight is 406 g/mol. The zero-order valence-electron chi connectivity index (χ0n) is 12.3. The lowest BCUT2D eigenvalue weighted by atomic mass is 9.79. The maximum Gasteiger partial charge on any atom is 0.471 e. The van der Waals surface area contributed by atoms with Crippen molar-refractivity contribution in [2.24, 2.45) is 0 Å². The molecule has 0 aromatic carbocycles. The summed E-state index contributed by atoms with van der Waals surface area (Å²) in [4.78, 5) is 34.6. The van der Waals surface area contributed by atoms with Gasteiger partial charge in [0.15, 0.2) is 5.78 Å². The molecule has 1 fully saturated rings. The topological polar surface area (TPSA) is 102 Å². The van der Waals surface area contributed by atoms with Gasteiger partial charge in [-0.3, -0.25) is 14.4 Å². The summed E-state index contributed by atoms with van der Waals surface area (Å²) in [6, 6.07) is -1.86. The van der Waals surface area contributed by atoms with E-state index in [0.29, 0.717) is 0 Å². The van der Waals surface area contributed by atoms with E-state index < -0.39 is 52.7 Å². The molecule has 1 amide bonds. The molecule has 0 unspecified atom stereocenters. The number of carbonyl (C=O) groups is 3. The van der Waals surface area contributed by atoms with Crippen LogP contribution < -0.4 is 5.32 Å². The number of aliphatic hydroxyl groups is 1. The summed E-state index contributed by atoms with van der Waals surface area (Å²) in [5.74, 6) is -4.25. The van der Waals surface area contributed by atoms with Crippen LogP contribution in [0.2, 0.25) is 0 Å². The number of ether oxygens (including phenoxy) is 2. The van der Waals surface area contributed by atoms with E-state index in [-0.39, 0.29) is 0 Å². The van der Waals surface area contributed by atoms with Crippen molar-refractivity contribution >= 4 is 33.6 Å². The Balaban J connectivity index is 3.36. The Kier molecular flexibility index (Phi) is 5.81. The molecule has 1 rings (SSSR count). The summed E-state index contributed by atoms with van der Waals surface area (Å²) in [7, 11) is 0. The molecule has 1 saturated heterocycles. The van der Waals surface area contributed by atoms with Gasteiger partial charge < -0.3 is 19.9 Å². The number of carbonyl (C=O) groups excluding carboxylic acids is 3. The SMILES string of the molecule is CC(=O)O[C@]1(C(C)=O)[C@@H](C)O[C@H](Br)[C@@H](O)[C@@H]1NC(=O)C(F)(F)F. The molecule has 0 aromatic heterocycles. The summed E-state index contributed by atoms with van der Waals surface area (Å²) in [6.07, 6.45) is -8.25. The van der Waals surface area contributed by atoms with Crippen LogP contribution in [0.4, 0.5) is 13.2 Å². The molecule has 23 heavy (non-hydrogen) atoms. The molecule has 1 aliphatic heterocycles. The van der Waals surface area contributed by atoms with E-state index in [1.807, 2.05) is 0 Å². The number of ketones is 1. The molecule has 0 radical (unpaired) electrons. The lowest BCUT2D eigenvalue weighted by Crippen LogP contribution is -2.74. The summed E-state index contributed by atoms with van der Waals surface area (Å²) in [6.45, 7) is 3.17. The highest BCUT2D eigenvalue weighted by atomic mass is 79.9. The number of nitrogens with one attached hydrogen (secondary N) is 1. The number of hydrogen-bond acceptors (Lipinski definition) is 6. The van der Waals surface area contributed by atoms with Crippen molar-refractivity contribution in [1.82, 2.24) is 5.32 Å². The van der Waals surface area contributed by atoms with Crippen molar-refractivity contribution < 1.29 is 42.1 Å². The van der Waals surface area contributed by atoms with E-state index >= 15 is 0 Å². The predicted octanol–water partition coefficient (Wildman–Crippen LogP) is 0.425. The van der Waals surface area contributed by atoms with E-state index in [2.05, 4.69) is 15.9 Å². The third-order valence-electron chi connectivity index (χ3n) is 3.42. The molecule has 0 bridgehead atoms. The van der Waals surface area contributed by atoms with Crippen molar-refractivity contribution in [3.8, 4) is 0 Å². The number of esters is 1. The number of rotatable bonds is 3. The Morgan fingerprint density at radius 1 is 1.30 bits per heavy atom. The van der Waals surface area contributed by atoms with Gasteiger partial charge in [-0.05, 0) is 13.8 Å². The Morgan fingerprint density at radius 2 is 1.83 bits per heavy atom. The molecule has 0 aliphatic carbocycles. The lowest BCUT2D eigenvalue weighted by molar-refractivity contribution is -0.223. The van der Waals surface area contributed by atoms with E-state index in [4.69, 9.17) is 9.47 Å². The number of Topliss-reactive ketones (excluding diaryl/α,β-unsaturated/α-hetero) is 1. The summed E-state index contributed by atoms with van der Waals surface area (Å²) >= 11 is 2.89. The van der Waals surface area contributed by atoms with Crippen molar-refractivity contribution in [3.63, 3.8) is 0 Å². The first-order valence-electron chi connectivity index (χ1n) is 6.40. The Labute approximate surface area is 137 Å². The summed E-state index contributed by atoms with van der Waals surface area (Å²) in [5, 5.41) is 10.4. The molecule has 11 heteroatoms. The number of hydrogen-bond donors (Lipinski definition) is 2. The standard InChI is InChI=1S/C12H15BrF3NO6/c1-4(18)11(23-6(3)19)5(2)22-9(13)7(20)8(11)17-10(21)12(14,15)16/h5,7-9,20H,1-3H3,(H,17,21)/t5-,7+,8+,9+,11-/m1/s1. The molecular weight excluding hydrogens is 391 g/mol. The van der Waals surface area contributed by atoms with E-state index in [1.165, 1.54) is 12.2 Å². The lowest BCUT2D eigenvalue weighted by Gasteiger charge is -2.49. The highest BCUT2D eigenvalue weighted by Gasteiger charge is 2.61. The quantitative estimate of drug-likeness (QED) is 0.521. The number of halogens is 4. The summed E-state index contributed by atoms with van der Waals surface area (Å²) < 4.78 is 47.7. The molecule has 1 aliphatic rings. The smallest absolute Gasteiger partial charge is 0.446 e. The average Bonchev–Trinajstić information content (AvgIpc) is 2.37. The number of aliphatic hydroxyl groups excluding tert-OH is 1. The number of alkyl halides is 4. The first-order chi connectivity index (χ1) is 10.3. The fourth-order valence-corrected chi connectivity index (χ4v) is 3.04. The zero-order chi connectivity index (χ0) is 18.2. The van der Waals surface area contributed by atoms with Gasteiger partial charge in [0.2, 0.25) is 5.60 Å². The van der Waals surface area contributed by atoms with Crippen LogP contribution >= 0.6 is 15.9 Å². The van der Waals surface area contributed by atoms with Crippen LogP contribution in [0.15, 0.2) is 0 Å². The highest BCUT2D eigenvalue weighted by molar-refractivity contribution is 9.09. The monoisotopic (exact) mass is 405 g/mol. The Hall–Kier alpha value is -1.20. The van der Waals surface area contributed by atoms with Gasteiger partial charge in [0, 0.05) is 6.92 Å². The van der Waals surface area contributed by atoms with E-state index in [1.54, 1.807) is 0 Å². The van der Waals surface area contributed by atoms with Crippen molar-refractivity contribution in [1.29, 1.82) is 0 Å². The summed E-state index contributed by atoms with van der Waals surface area (Å²) in [5.41, 5.74) is -2.30. The van der Waals surface area contributed by atoms with Crippen LogP contribution in [0, 0.1) is 0 Å². The molecule has 0 spiro atoms. The third-order valence-corrected chi connectivity index (χ3v) is 4.17. The van der Waals surface area contributed by atoms with Crippen molar-refractivity contribution in [2.75, 3.05) is 0 Å². The largest absolute Gasteiger partial charge is 0.471 e. The molecular formula is C12H15BrF3NO6. The third kappa shape index (κ3) is 3.83. The van der Waals surface area contributed by atoms with Gasteiger partial charge >= 0.3 is 18.1 Å². The minimum absolute atomic E-state index is 0.883. The van der Waals surface area contributed by atoms with Crippen LogP contribution in [0.1, 0.15) is 20.8 Å². The minimum atomic E-state index is -5.25. The van der Waals surface area contributed by atoms with Gasteiger partial charge in [0.05, 0.1) is 0 Å². The van der Waals surface area contributed by atoms with Gasteiger partial charge in [-0.15, -0.1) is 0 Å². The van der Waals surface area contributed by atoms with Gasteiger partial charge in [-0.2, -0.15) is 13.2 Å². The van der Waals surface area contributed by atoms with Crippen LogP contribution in [0.25, 0.3) is 0 Å². The Bertz CT molecular complexity index is 514. The molecule has 0 saturated carbocycles.